The zero-order valence-corrected chi connectivity index (χ0v) is 7.46. The predicted octanol–water partition coefficient (Wildman–Crippen LogP) is 0.220. The summed E-state index contributed by atoms with van der Waals surface area (Å²) in [6, 6.07) is 0. The Morgan fingerprint density at radius 1 is 1.50 bits per heavy atom. The Morgan fingerprint density at radius 3 is 2.75 bits per heavy atom. The van der Waals surface area contributed by atoms with Crippen LogP contribution in [0.1, 0.15) is 6.92 Å². The summed E-state index contributed by atoms with van der Waals surface area (Å²) in [4.78, 5) is 0. The second-order valence-corrected chi connectivity index (χ2v) is 3.16. The number of hydrogen-bond donors (Lipinski definition) is 3. The molecule has 1 rings (SSSR count). The monoisotopic (exact) mass is 165 g/mol. The highest BCUT2D eigenvalue weighted by Crippen LogP contribution is 2.13. The van der Waals surface area contributed by atoms with Gasteiger partial charge < -0.3 is 16.8 Å². The first-order valence-electron chi connectivity index (χ1n) is 3.90. The molecule has 3 heteroatoms. The van der Waals surface area contributed by atoms with Crippen molar-refractivity contribution in [1.29, 1.82) is 0 Å². The summed E-state index contributed by atoms with van der Waals surface area (Å²) in [7, 11) is 1.83. The van der Waals surface area contributed by atoms with Crippen molar-refractivity contribution in [2.45, 2.75) is 12.5 Å². The maximum atomic E-state index is 5.88. The molecule has 66 valence electrons. The van der Waals surface area contributed by atoms with E-state index < -0.39 is 5.54 Å². The number of nitrogens with two attached hydrogens (primary N) is 2. The van der Waals surface area contributed by atoms with Gasteiger partial charge in [0.15, 0.2) is 0 Å². The second kappa shape index (κ2) is 3.03. The summed E-state index contributed by atoms with van der Waals surface area (Å²) in [6.45, 7) is 1.91. The van der Waals surface area contributed by atoms with Crippen LogP contribution in [0.4, 0.5) is 0 Å². The van der Waals surface area contributed by atoms with Gasteiger partial charge in [-0.15, -0.1) is 0 Å². The van der Waals surface area contributed by atoms with Crippen molar-refractivity contribution in [3.05, 3.63) is 35.7 Å². The smallest absolute Gasteiger partial charge is 0.0568 e. The Bertz CT molecular complexity index is 259. The highest BCUT2D eigenvalue weighted by Gasteiger charge is 2.14. The molecule has 0 aromatic carbocycles. The largest absolute Gasteiger partial charge is 0.397 e. The van der Waals surface area contributed by atoms with Crippen LogP contribution in [-0.4, -0.2) is 12.6 Å². The van der Waals surface area contributed by atoms with Crippen LogP contribution in [0.15, 0.2) is 35.7 Å². The Balaban J connectivity index is 3.00. The van der Waals surface area contributed by atoms with E-state index in [4.69, 9.17) is 11.5 Å². The normalized spacial score (nSPS) is 28.9. The number of allylic oxidation sites excluding steroid dienone is 2. The number of rotatable bonds is 1. The predicted molar refractivity (Wildman–Crippen MR) is 51.1 cm³/mol. The Kier molecular flexibility index (Phi) is 2.24. The van der Waals surface area contributed by atoms with Crippen molar-refractivity contribution >= 4 is 0 Å². The molecule has 0 saturated carbocycles. The summed E-state index contributed by atoms with van der Waals surface area (Å²) < 4.78 is 0. The minimum absolute atomic E-state index is 0.445. The number of nitrogens with one attached hydrogen (secondary N) is 1. The zero-order valence-electron chi connectivity index (χ0n) is 7.46. The van der Waals surface area contributed by atoms with Crippen LogP contribution < -0.4 is 16.8 Å². The van der Waals surface area contributed by atoms with Gasteiger partial charge in [0.1, 0.15) is 0 Å². The average Bonchev–Trinajstić information content (AvgIpc) is 2.07. The summed E-state index contributed by atoms with van der Waals surface area (Å²) in [5.74, 6) is 0. The van der Waals surface area contributed by atoms with Gasteiger partial charge in [-0.1, -0.05) is 12.2 Å². The molecule has 0 spiro atoms. The van der Waals surface area contributed by atoms with Gasteiger partial charge in [0.25, 0.3) is 0 Å². The zero-order chi connectivity index (χ0) is 9.19. The SMILES string of the molecule is CNC1=CC=CC(C)(N)C=C1N. The van der Waals surface area contributed by atoms with Gasteiger partial charge in [-0.05, 0) is 19.1 Å². The number of hydrogen-bond acceptors (Lipinski definition) is 3. The van der Waals surface area contributed by atoms with Crippen LogP contribution in [0.25, 0.3) is 0 Å². The third-order valence-electron chi connectivity index (χ3n) is 1.77. The summed E-state index contributed by atoms with van der Waals surface area (Å²) in [5, 5.41) is 2.99. The lowest BCUT2D eigenvalue weighted by atomic mass is 10.0. The highest BCUT2D eigenvalue weighted by atomic mass is 14.9. The summed E-state index contributed by atoms with van der Waals surface area (Å²) in [5.41, 5.74) is 12.8. The van der Waals surface area contributed by atoms with Crippen LogP contribution in [0.5, 0.6) is 0 Å². The lowest BCUT2D eigenvalue weighted by Gasteiger charge is -2.15. The quantitative estimate of drug-likeness (QED) is 0.521. The average molecular weight is 165 g/mol. The van der Waals surface area contributed by atoms with Gasteiger partial charge in [-0.2, -0.15) is 0 Å². The van der Waals surface area contributed by atoms with Crippen LogP contribution in [0, 0.1) is 0 Å². The van der Waals surface area contributed by atoms with E-state index in [2.05, 4.69) is 5.32 Å². The molecule has 0 radical (unpaired) electrons. The fourth-order valence-corrected chi connectivity index (χ4v) is 1.14. The van der Waals surface area contributed by atoms with Crippen LogP contribution >= 0.6 is 0 Å². The van der Waals surface area contributed by atoms with E-state index in [1.165, 1.54) is 0 Å². The molecule has 0 bridgehead atoms. The maximum absolute atomic E-state index is 5.88. The van der Waals surface area contributed by atoms with E-state index in [0.29, 0.717) is 5.70 Å². The van der Waals surface area contributed by atoms with E-state index in [0.717, 1.165) is 5.70 Å². The molecule has 0 fully saturated rings. The summed E-state index contributed by atoms with van der Waals surface area (Å²) in [6.07, 6.45) is 7.55. The lowest BCUT2D eigenvalue weighted by Crippen LogP contribution is -2.32. The Labute approximate surface area is 72.8 Å². The van der Waals surface area contributed by atoms with Crippen molar-refractivity contribution in [3.8, 4) is 0 Å². The molecule has 1 atom stereocenters. The molecule has 3 nitrogen and oxygen atoms in total. The summed E-state index contributed by atoms with van der Waals surface area (Å²) >= 11 is 0. The topological polar surface area (TPSA) is 64.1 Å². The van der Waals surface area contributed by atoms with Gasteiger partial charge in [0.05, 0.1) is 16.9 Å². The van der Waals surface area contributed by atoms with E-state index in [-0.39, 0.29) is 0 Å². The first-order chi connectivity index (χ1) is 5.55. The standard InChI is InChI=1S/C9H15N3/c1-9(11)5-3-4-8(12-2)7(10)6-9/h3-6,12H,10-11H2,1-2H3. The first-order valence-corrected chi connectivity index (χ1v) is 3.90. The van der Waals surface area contributed by atoms with Crippen molar-refractivity contribution < 1.29 is 0 Å². The maximum Gasteiger partial charge on any atom is 0.0568 e. The van der Waals surface area contributed by atoms with Crippen molar-refractivity contribution in [2.24, 2.45) is 11.5 Å². The molecular formula is C9H15N3. The van der Waals surface area contributed by atoms with Crippen LogP contribution in [0.2, 0.25) is 0 Å². The molecule has 1 aliphatic carbocycles. The molecular weight excluding hydrogens is 150 g/mol. The second-order valence-electron chi connectivity index (χ2n) is 3.16. The van der Waals surface area contributed by atoms with E-state index >= 15 is 0 Å². The molecule has 0 aromatic rings. The van der Waals surface area contributed by atoms with Gasteiger partial charge in [-0.25, -0.2) is 0 Å². The fourth-order valence-electron chi connectivity index (χ4n) is 1.14. The van der Waals surface area contributed by atoms with Crippen molar-refractivity contribution in [2.75, 3.05) is 7.05 Å². The first kappa shape index (κ1) is 8.87. The third-order valence-corrected chi connectivity index (χ3v) is 1.77. The minimum Gasteiger partial charge on any atom is -0.397 e. The molecule has 0 aromatic heterocycles. The van der Waals surface area contributed by atoms with Crippen molar-refractivity contribution in [3.63, 3.8) is 0 Å². The molecule has 0 amide bonds. The molecule has 1 aliphatic rings. The van der Waals surface area contributed by atoms with E-state index in [1.807, 2.05) is 38.3 Å². The molecule has 0 heterocycles. The third kappa shape index (κ3) is 1.89. The lowest BCUT2D eigenvalue weighted by molar-refractivity contribution is 0.728. The number of likely N-dealkylation sites (N-methyl/N-ethyl adjacent to an activating group) is 1. The van der Waals surface area contributed by atoms with E-state index in [1.54, 1.807) is 0 Å². The Morgan fingerprint density at radius 2 is 2.17 bits per heavy atom. The molecule has 5 N–H and O–H groups in total. The van der Waals surface area contributed by atoms with Crippen molar-refractivity contribution in [1.82, 2.24) is 5.32 Å². The van der Waals surface area contributed by atoms with Gasteiger partial charge in [-0.3, -0.25) is 0 Å². The molecule has 1 unspecified atom stereocenters. The highest BCUT2D eigenvalue weighted by molar-refractivity contribution is 5.38. The van der Waals surface area contributed by atoms with Crippen LogP contribution in [-0.2, 0) is 0 Å². The molecule has 0 saturated heterocycles. The minimum atomic E-state index is -0.445. The van der Waals surface area contributed by atoms with Crippen LogP contribution in [0.3, 0.4) is 0 Å². The van der Waals surface area contributed by atoms with Gasteiger partial charge >= 0.3 is 0 Å². The fraction of sp³-hybridized carbons (Fsp3) is 0.333. The Hall–Kier alpha value is -1.22. The van der Waals surface area contributed by atoms with Gasteiger partial charge in [0, 0.05) is 7.05 Å². The molecule has 0 aliphatic heterocycles. The van der Waals surface area contributed by atoms with E-state index in [9.17, 15) is 0 Å². The molecule has 12 heavy (non-hydrogen) atoms. The van der Waals surface area contributed by atoms with Gasteiger partial charge in [0.2, 0.25) is 0 Å².